The van der Waals surface area contributed by atoms with E-state index in [-0.39, 0.29) is 36.2 Å². The molecule has 1 aliphatic heterocycles. The second-order valence-electron chi connectivity index (χ2n) is 6.00. The van der Waals surface area contributed by atoms with Crippen LogP contribution >= 0.6 is 34.7 Å². The summed E-state index contributed by atoms with van der Waals surface area (Å²) in [5.41, 5.74) is 1.71. The van der Waals surface area contributed by atoms with Gasteiger partial charge in [-0.2, -0.15) is 0 Å². The summed E-state index contributed by atoms with van der Waals surface area (Å²) in [5, 5.41) is 12.1. The SMILES string of the molecule is Cc1csc(NC(=O)CC2CC(=O)NC(SCc3cccc(Cl)c3)N2)n1. The number of rotatable bonds is 6. The average molecular weight is 411 g/mol. The number of hydrogen-bond donors (Lipinski definition) is 3. The van der Waals surface area contributed by atoms with Crippen LogP contribution in [0, 0.1) is 6.92 Å². The molecule has 2 atom stereocenters. The van der Waals surface area contributed by atoms with Gasteiger partial charge in [0.2, 0.25) is 11.8 Å². The first kappa shape index (κ1) is 19.2. The van der Waals surface area contributed by atoms with E-state index in [0.29, 0.717) is 15.9 Å². The Morgan fingerprint density at radius 1 is 1.50 bits per heavy atom. The molecular formula is C17H19ClN4O2S2. The van der Waals surface area contributed by atoms with Crippen molar-refractivity contribution in [1.82, 2.24) is 15.6 Å². The van der Waals surface area contributed by atoms with Crippen molar-refractivity contribution in [2.75, 3.05) is 5.32 Å². The van der Waals surface area contributed by atoms with Crippen LogP contribution in [0.3, 0.4) is 0 Å². The van der Waals surface area contributed by atoms with E-state index in [0.717, 1.165) is 11.3 Å². The van der Waals surface area contributed by atoms with Gasteiger partial charge in [-0.05, 0) is 24.6 Å². The van der Waals surface area contributed by atoms with Crippen LogP contribution in [0.5, 0.6) is 0 Å². The number of thioether (sulfide) groups is 1. The highest BCUT2D eigenvalue weighted by Crippen LogP contribution is 2.21. The van der Waals surface area contributed by atoms with Crippen molar-refractivity contribution in [2.24, 2.45) is 0 Å². The van der Waals surface area contributed by atoms with E-state index < -0.39 is 0 Å². The Kier molecular flexibility index (Phi) is 6.53. The van der Waals surface area contributed by atoms with Crippen molar-refractivity contribution >= 4 is 51.6 Å². The van der Waals surface area contributed by atoms with Gasteiger partial charge in [-0.15, -0.1) is 23.1 Å². The van der Waals surface area contributed by atoms with Crippen LogP contribution in [0.25, 0.3) is 0 Å². The Bertz CT molecular complexity index is 799. The first-order valence-corrected chi connectivity index (χ1v) is 10.4. The summed E-state index contributed by atoms with van der Waals surface area (Å²) < 4.78 is 0. The Morgan fingerprint density at radius 2 is 2.35 bits per heavy atom. The van der Waals surface area contributed by atoms with Crippen molar-refractivity contribution in [3.63, 3.8) is 0 Å². The lowest BCUT2D eigenvalue weighted by atomic mass is 10.1. The number of aromatic nitrogens is 1. The fraction of sp³-hybridized carbons (Fsp3) is 0.353. The number of hydrogen-bond acceptors (Lipinski definition) is 6. The Labute approximate surface area is 165 Å². The number of carbonyl (C=O) groups excluding carboxylic acids is 2. The molecule has 2 unspecified atom stereocenters. The van der Waals surface area contributed by atoms with Crippen LogP contribution in [-0.2, 0) is 15.3 Å². The lowest BCUT2D eigenvalue weighted by Crippen LogP contribution is -2.55. The first-order valence-electron chi connectivity index (χ1n) is 8.11. The van der Waals surface area contributed by atoms with Gasteiger partial charge in [-0.3, -0.25) is 14.9 Å². The predicted octanol–water partition coefficient (Wildman–Crippen LogP) is 3.13. The number of thiazole rings is 1. The van der Waals surface area contributed by atoms with E-state index >= 15 is 0 Å². The van der Waals surface area contributed by atoms with E-state index in [4.69, 9.17) is 11.6 Å². The highest BCUT2D eigenvalue weighted by Gasteiger charge is 2.27. The standard InChI is InChI=1S/C17H19ClN4O2S2/c1-10-8-25-16(19-10)21-14(23)6-13-7-15(24)22-17(20-13)26-9-11-3-2-4-12(18)5-11/h2-5,8,13,17,20H,6-7,9H2,1H3,(H,22,24)(H,19,21,23). The van der Waals surface area contributed by atoms with E-state index in [2.05, 4.69) is 20.9 Å². The maximum atomic E-state index is 12.2. The van der Waals surface area contributed by atoms with Gasteiger partial charge in [0.1, 0.15) is 5.50 Å². The summed E-state index contributed by atoms with van der Waals surface area (Å²) in [5.74, 6) is 0.496. The van der Waals surface area contributed by atoms with E-state index in [1.165, 1.54) is 11.3 Å². The molecule has 0 radical (unpaired) electrons. The zero-order chi connectivity index (χ0) is 18.5. The van der Waals surface area contributed by atoms with E-state index in [1.54, 1.807) is 11.8 Å². The van der Waals surface area contributed by atoms with Gasteiger partial charge < -0.3 is 10.6 Å². The molecule has 138 valence electrons. The molecule has 0 aliphatic carbocycles. The second kappa shape index (κ2) is 8.85. The van der Waals surface area contributed by atoms with Gasteiger partial charge in [-0.25, -0.2) is 4.98 Å². The molecule has 0 bridgehead atoms. The summed E-state index contributed by atoms with van der Waals surface area (Å²) in [6, 6.07) is 7.42. The number of halogens is 1. The van der Waals surface area contributed by atoms with Crippen LogP contribution in [0.4, 0.5) is 5.13 Å². The molecule has 1 fully saturated rings. The van der Waals surface area contributed by atoms with Crippen molar-refractivity contribution < 1.29 is 9.59 Å². The first-order chi connectivity index (χ1) is 12.5. The zero-order valence-corrected chi connectivity index (χ0v) is 16.5. The molecule has 1 aliphatic rings. The second-order valence-corrected chi connectivity index (χ2v) is 8.39. The minimum absolute atomic E-state index is 0.0600. The predicted molar refractivity (Wildman–Crippen MR) is 106 cm³/mol. The highest BCUT2D eigenvalue weighted by molar-refractivity contribution is 7.99. The van der Waals surface area contributed by atoms with Gasteiger partial charge >= 0.3 is 0 Å². The number of nitrogens with zero attached hydrogens (tertiary/aromatic N) is 1. The monoisotopic (exact) mass is 410 g/mol. The Hall–Kier alpha value is -1.61. The van der Waals surface area contributed by atoms with Gasteiger partial charge in [0.05, 0.1) is 5.69 Å². The summed E-state index contributed by atoms with van der Waals surface area (Å²) >= 11 is 8.94. The lowest BCUT2D eigenvalue weighted by molar-refractivity contribution is -0.124. The molecule has 1 aromatic heterocycles. The Balaban J connectivity index is 1.50. The van der Waals surface area contributed by atoms with Crippen LogP contribution < -0.4 is 16.0 Å². The zero-order valence-electron chi connectivity index (χ0n) is 14.1. The number of aryl methyl sites for hydroxylation is 1. The van der Waals surface area contributed by atoms with Crippen LogP contribution in [0.2, 0.25) is 5.02 Å². The normalized spacial score (nSPS) is 19.8. The Morgan fingerprint density at radius 3 is 3.08 bits per heavy atom. The smallest absolute Gasteiger partial charge is 0.227 e. The topological polar surface area (TPSA) is 83.1 Å². The number of carbonyl (C=O) groups is 2. The fourth-order valence-electron chi connectivity index (χ4n) is 2.58. The van der Waals surface area contributed by atoms with Crippen molar-refractivity contribution in [3.05, 3.63) is 45.9 Å². The quantitative estimate of drug-likeness (QED) is 0.681. The molecule has 2 heterocycles. The van der Waals surface area contributed by atoms with Gasteiger partial charge in [-0.1, -0.05) is 23.7 Å². The number of nitrogens with one attached hydrogen (secondary N) is 3. The maximum absolute atomic E-state index is 12.2. The molecule has 3 rings (SSSR count). The number of amides is 2. The van der Waals surface area contributed by atoms with E-state index in [9.17, 15) is 9.59 Å². The molecule has 1 aromatic carbocycles. The third-order valence-electron chi connectivity index (χ3n) is 3.71. The summed E-state index contributed by atoms with van der Waals surface area (Å²) in [6.07, 6.45) is 0.499. The summed E-state index contributed by atoms with van der Waals surface area (Å²) in [4.78, 5) is 28.4. The van der Waals surface area contributed by atoms with E-state index in [1.807, 2.05) is 36.6 Å². The summed E-state index contributed by atoms with van der Waals surface area (Å²) in [6.45, 7) is 1.88. The van der Waals surface area contributed by atoms with Crippen LogP contribution in [0.15, 0.2) is 29.6 Å². The van der Waals surface area contributed by atoms with Gasteiger partial charge in [0, 0.05) is 35.0 Å². The average Bonchev–Trinajstić information content (AvgIpc) is 2.97. The summed E-state index contributed by atoms with van der Waals surface area (Å²) in [7, 11) is 0. The largest absolute Gasteiger partial charge is 0.332 e. The minimum Gasteiger partial charge on any atom is -0.332 e. The molecule has 1 saturated heterocycles. The maximum Gasteiger partial charge on any atom is 0.227 e. The third-order valence-corrected chi connectivity index (χ3v) is 5.91. The van der Waals surface area contributed by atoms with Crippen LogP contribution in [0.1, 0.15) is 24.1 Å². The molecule has 26 heavy (non-hydrogen) atoms. The minimum atomic E-state index is -0.241. The van der Waals surface area contributed by atoms with Crippen LogP contribution in [-0.4, -0.2) is 28.3 Å². The molecule has 6 nitrogen and oxygen atoms in total. The molecule has 2 aromatic rings. The molecule has 9 heteroatoms. The van der Waals surface area contributed by atoms with Gasteiger partial charge in [0.25, 0.3) is 0 Å². The number of benzene rings is 1. The lowest BCUT2D eigenvalue weighted by Gasteiger charge is -2.30. The third kappa shape index (κ3) is 5.70. The highest BCUT2D eigenvalue weighted by atomic mass is 35.5. The van der Waals surface area contributed by atoms with Gasteiger partial charge in [0.15, 0.2) is 5.13 Å². The molecular weight excluding hydrogens is 392 g/mol. The van der Waals surface area contributed by atoms with Crippen molar-refractivity contribution in [3.8, 4) is 0 Å². The molecule has 3 N–H and O–H groups in total. The number of anilines is 1. The molecule has 2 amide bonds. The van der Waals surface area contributed by atoms with Crippen molar-refractivity contribution in [1.29, 1.82) is 0 Å². The fourth-order valence-corrected chi connectivity index (χ4v) is 4.54. The molecule has 0 spiro atoms. The molecule has 0 saturated carbocycles. The van der Waals surface area contributed by atoms with Crippen molar-refractivity contribution in [2.45, 2.75) is 37.1 Å².